The summed E-state index contributed by atoms with van der Waals surface area (Å²) in [6.07, 6.45) is -15.8. The van der Waals surface area contributed by atoms with E-state index in [1.807, 2.05) is 0 Å². The molecule has 15 nitrogen and oxygen atoms in total. The summed E-state index contributed by atoms with van der Waals surface area (Å²) in [7, 11) is 0. The Morgan fingerprint density at radius 2 is 1.60 bits per heavy atom. The van der Waals surface area contributed by atoms with Crippen molar-refractivity contribution in [2.75, 3.05) is 6.54 Å². The van der Waals surface area contributed by atoms with E-state index in [4.69, 9.17) is 36.1 Å². The maximum Gasteiger partial charge on any atom is 0.217 e. The topological polar surface area (TPSA) is 265 Å². The Balaban J connectivity index is 1.84. The third-order valence-corrected chi connectivity index (χ3v) is 6.70. The number of nitrogens with two attached hydrogens (primary N) is 3. The molecule has 0 aromatic heterocycles. The number of ether oxygens (including phenoxy) is 4. The minimum atomic E-state index is -1.51. The lowest BCUT2D eigenvalue weighted by atomic mass is 9.83. The fraction of sp³-hybridized carbons (Fsp3) is 0.950. The Kier molecular flexibility index (Phi) is 9.42. The summed E-state index contributed by atoms with van der Waals surface area (Å²) < 4.78 is 22.8. The van der Waals surface area contributed by atoms with Gasteiger partial charge in [0.05, 0.1) is 18.2 Å². The van der Waals surface area contributed by atoms with Crippen LogP contribution in [0.5, 0.6) is 0 Å². The van der Waals surface area contributed by atoms with Crippen molar-refractivity contribution in [2.24, 2.45) is 17.2 Å². The Labute approximate surface area is 202 Å². The molecule has 3 rings (SSSR count). The molecule has 0 aromatic carbocycles. The lowest BCUT2D eigenvalue weighted by Crippen LogP contribution is -2.69. The average Bonchev–Trinajstić information content (AvgIpc) is 3.06. The van der Waals surface area contributed by atoms with Gasteiger partial charge in [0.2, 0.25) is 5.91 Å². The Morgan fingerprint density at radius 1 is 0.971 bits per heavy atom. The van der Waals surface area contributed by atoms with Crippen LogP contribution in [0, 0.1) is 0 Å². The number of aliphatic hydroxyl groups is 6. The lowest BCUT2D eigenvalue weighted by molar-refractivity contribution is -0.315. The first-order valence-corrected chi connectivity index (χ1v) is 11.6. The van der Waals surface area contributed by atoms with E-state index in [2.05, 4.69) is 5.32 Å². The van der Waals surface area contributed by atoms with Crippen molar-refractivity contribution < 1.29 is 54.4 Å². The predicted molar refractivity (Wildman–Crippen MR) is 116 cm³/mol. The van der Waals surface area contributed by atoms with Crippen molar-refractivity contribution >= 4 is 5.91 Å². The van der Waals surface area contributed by atoms with E-state index in [0.717, 1.165) is 0 Å². The zero-order valence-corrected chi connectivity index (χ0v) is 19.5. The second-order valence-electron chi connectivity index (χ2n) is 9.43. The number of rotatable bonds is 7. The number of carbonyl (C=O) groups is 1. The molecule has 0 radical (unpaired) electrons. The van der Waals surface area contributed by atoms with Gasteiger partial charge >= 0.3 is 0 Å². The molecular weight excluding hydrogens is 472 g/mol. The largest absolute Gasteiger partial charge is 0.391 e. The quantitative estimate of drug-likeness (QED) is 0.153. The molecule has 15 atom stereocenters. The summed E-state index contributed by atoms with van der Waals surface area (Å²) in [6.45, 7) is 2.51. The van der Waals surface area contributed by atoms with Gasteiger partial charge in [0.1, 0.15) is 54.9 Å². The van der Waals surface area contributed by atoms with Crippen LogP contribution in [0.2, 0.25) is 0 Å². The van der Waals surface area contributed by atoms with E-state index < -0.39 is 97.7 Å². The fourth-order valence-corrected chi connectivity index (χ4v) is 4.74. The van der Waals surface area contributed by atoms with Gasteiger partial charge in [-0.3, -0.25) is 4.79 Å². The van der Waals surface area contributed by atoms with Gasteiger partial charge in [-0.25, -0.2) is 0 Å². The van der Waals surface area contributed by atoms with Gasteiger partial charge in [0.25, 0.3) is 0 Å². The summed E-state index contributed by atoms with van der Waals surface area (Å²) in [5, 5.41) is 64.5. The van der Waals surface area contributed by atoms with Crippen LogP contribution in [0.3, 0.4) is 0 Å². The van der Waals surface area contributed by atoms with E-state index in [1.54, 1.807) is 0 Å². The van der Waals surface area contributed by atoms with Gasteiger partial charge in [-0.05, 0) is 13.3 Å². The van der Waals surface area contributed by atoms with Crippen LogP contribution >= 0.6 is 0 Å². The summed E-state index contributed by atoms with van der Waals surface area (Å²) in [5.41, 5.74) is 17.9. The molecule has 13 N–H and O–H groups in total. The third kappa shape index (κ3) is 5.93. The molecule has 2 aliphatic heterocycles. The number of carbonyl (C=O) groups excluding carboxylic acids is 1. The summed E-state index contributed by atoms with van der Waals surface area (Å²) in [4.78, 5) is 11.6. The normalized spacial score (nSPS) is 49.6. The van der Waals surface area contributed by atoms with Crippen LogP contribution in [0.1, 0.15) is 20.3 Å². The van der Waals surface area contributed by atoms with Crippen molar-refractivity contribution in [1.82, 2.24) is 5.32 Å². The highest BCUT2D eigenvalue weighted by Crippen LogP contribution is 2.32. The first-order chi connectivity index (χ1) is 16.4. The zero-order chi connectivity index (χ0) is 26.2. The van der Waals surface area contributed by atoms with E-state index >= 15 is 0 Å². The minimum Gasteiger partial charge on any atom is -0.391 e. The van der Waals surface area contributed by atoms with Crippen LogP contribution < -0.4 is 22.5 Å². The minimum absolute atomic E-state index is 0.0559. The van der Waals surface area contributed by atoms with Crippen molar-refractivity contribution in [3.63, 3.8) is 0 Å². The van der Waals surface area contributed by atoms with Gasteiger partial charge in [0, 0.05) is 19.5 Å². The third-order valence-electron chi connectivity index (χ3n) is 6.70. The molecule has 1 saturated carbocycles. The molecule has 2 saturated heterocycles. The molecule has 1 amide bonds. The van der Waals surface area contributed by atoms with Crippen LogP contribution in [0.25, 0.3) is 0 Å². The molecule has 204 valence electrons. The van der Waals surface area contributed by atoms with Crippen molar-refractivity contribution in [1.29, 1.82) is 0 Å². The highest BCUT2D eigenvalue weighted by Gasteiger charge is 2.53. The maximum atomic E-state index is 11.6. The van der Waals surface area contributed by atoms with E-state index in [-0.39, 0.29) is 13.0 Å². The smallest absolute Gasteiger partial charge is 0.217 e. The molecule has 15 heteroatoms. The van der Waals surface area contributed by atoms with E-state index in [9.17, 15) is 35.4 Å². The highest BCUT2D eigenvalue weighted by atomic mass is 16.7. The number of hydrogen-bond donors (Lipinski definition) is 10. The Morgan fingerprint density at radius 3 is 2.14 bits per heavy atom. The standard InChI is InChI=1S/C20H38N4O11/c1-5(25)16-14(30)13(29)10(23)19(33-16)34-17-7(22)3-8(24-6(2)26)11(27)18(17)35-20-15(31)12(28)9(4-21)32-20/h5,7-20,25,27-31H,3-4,21-23H2,1-2H3,(H,24,26)/t5-,7?,8-,9-,10?,11?,12?,13?,14+,15?,16?,17-,18?,19-,20+/m1/s1. The predicted octanol–water partition coefficient (Wildman–Crippen LogP) is -6.09. The molecule has 0 aromatic rings. The van der Waals surface area contributed by atoms with Crippen LogP contribution in [-0.4, -0.2) is 135 Å². The summed E-state index contributed by atoms with van der Waals surface area (Å²) >= 11 is 0. The van der Waals surface area contributed by atoms with Gasteiger partial charge < -0.3 is 72.1 Å². The summed E-state index contributed by atoms with van der Waals surface area (Å²) in [6, 6.07) is -2.98. The molecule has 0 bridgehead atoms. The molecule has 1 aliphatic carbocycles. The van der Waals surface area contributed by atoms with Crippen molar-refractivity contribution in [2.45, 2.75) is 112 Å². The average molecular weight is 511 g/mol. The van der Waals surface area contributed by atoms with Crippen molar-refractivity contribution in [3.05, 3.63) is 0 Å². The maximum absolute atomic E-state index is 11.6. The number of amides is 1. The number of nitrogens with one attached hydrogen (secondary N) is 1. The molecular formula is C20H38N4O11. The van der Waals surface area contributed by atoms with Crippen LogP contribution in [-0.2, 0) is 23.7 Å². The fourth-order valence-electron chi connectivity index (χ4n) is 4.74. The molecule has 35 heavy (non-hydrogen) atoms. The van der Waals surface area contributed by atoms with Crippen LogP contribution in [0.15, 0.2) is 0 Å². The van der Waals surface area contributed by atoms with E-state index in [0.29, 0.717) is 0 Å². The Hall–Kier alpha value is -1.05. The molecule has 0 spiro atoms. The highest BCUT2D eigenvalue weighted by molar-refractivity contribution is 5.73. The Bertz CT molecular complexity index is 721. The summed E-state index contributed by atoms with van der Waals surface area (Å²) in [5.74, 6) is -0.426. The van der Waals surface area contributed by atoms with Crippen molar-refractivity contribution in [3.8, 4) is 0 Å². The second-order valence-corrected chi connectivity index (χ2v) is 9.43. The van der Waals surface area contributed by atoms with E-state index in [1.165, 1.54) is 13.8 Å². The lowest BCUT2D eigenvalue weighted by Gasteiger charge is -2.48. The molecule has 3 aliphatic rings. The zero-order valence-electron chi connectivity index (χ0n) is 19.5. The molecule has 2 heterocycles. The van der Waals surface area contributed by atoms with Gasteiger partial charge in [-0.15, -0.1) is 0 Å². The molecule has 8 unspecified atom stereocenters. The first-order valence-electron chi connectivity index (χ1n) is 11.6. The number of hydrogen-bond acceptors (Lipinski definition) is 14. The second kappa shape index (κ2) is 11.6. The van der Waals surface area contributed by atoms with Gasteiger partial charge in [0.15, 0.2) is 12.6 Å². The monoisotopic (exact) mass is 510 g/mol. The van der Waals surface area contributed by atoms with Gasteiger partial charge in [-0.2, -0.15) is 0 Å². The first kappa shape index (κ1) is 28.5. The van der Waals surface area contributed by atoms with Gasteiger partial charge in [-0.1, -0.05) is 0 Å². The van der Waals surface area contributed by atoms with Crippen LogP contribution in [0.4, 0.5) is 0 Å². The SMILES string of the molecule is CC(=O)N[C@@H]1CC(N)[C@@H](O[C@H]2OC([C@@H](C)O)[C@@H](O)C(O)C2N)C(O[C@@H]2O[C@H](CN)C(O)C2O)C1O. The molecule has 3 fully saturated rings. The number of aliphatic hydroxyl groups excluding tert-OH is 6.